The third-order valence-corrected chi connectivity index (χ3v) is 6.32. The number of aryl methyl sites for hydroxylation is 2. The van der Waals surface area contributed by atoms with Gasteiger partial charge in [0, 0.05) is 5.54 Å². The van der Waals surface area contributed by atoms with Crippen LogP contribution in [0.15, 0.2) is 4.52 Å². The Hall–Kier alpha value is -1.85. The van der Waals surface area contributed by atoms with Gasteiger partial charge in [0.05, 0.1) is 5.69 Å². The lowest BCUT2D eigenvalue weighted by atomic mass is 9.53. The van der Waals surface area contributed by atoms with Gasteiger partial charge >= 0.3 is 5.97 Å². The molecule has 1 N–H and O–H groups in total. The van der Waals surface area contributed by atoms with Crippen LogP contribution in [0.5, 0.6) is 0 Å². The summed E-state index contributed by atoms with van der Waals surface area (Å²) in [6.07, 6.45) is 6.39. The highest BCUT2D eigenvalue weighted by Crippen LogP contribution is 2.55. The summed E-state index contributed by atoms with van der Waals surface area (Å²) in [5.41, 5.74) is 0.723. The Bertz CT molecular complexity index is 653. The molecule has 4 aliphatic carbocycles. The van der Waals surface area contributed by atoms with Crippen molar-refractivity contribution in [2.24, 2.45) is 17.8 Å². The van der Waals surface area contributed by atoms with Gasteiger partial charge in [-0.15, -0.1) is 0 Å². The van der Waals surface area contributed by atoms with Crippen LogP contribution in [0.4, 0.5) is 0 Å². The molecule has 0 aliphatic heterocycles. The minimum Gasteiger partial charge on any atom is -0.449 e. The SMILES string of the molecule is Cc1noc(C)c1C(=O)O[C@H](C)C(=O)NC12CC3CC(CC(C3)C1)C2. The summed E-state index contributed by atoms with van der Waals surface area (Å²) in [5.74, 6) is 1.94. The summed E-state index contributed by atoms with van der Waals surface area (Å²) in [7, 11) is 0. The Morgan fingerprint density at radius 1 is 1.16 bits per heavy atom. The predicted octanol–water partition coefficient (Wildman–Crippen LogP) is 2.92. The molecule has 1 amide bonds. The molecule has 4 fully saturated rings. The summed E-state index contributed by atoms with van der Waals surface area (Å²) in [6.45, 7) is 4.98. The van der Waals surface area contributed by atoms with Crippen molar-refractivity contribution in [1.29, 1.82) is 0 Å². The number of esters is 1. The monoisotopic (exact) mass is 346 g/mol. The number of hydrogen-bond donors (Lipinski definition) is 1. The number of ether oxygens (including phenoxy) is 1. The normalized spacial score (nSPS) is 34.0. The quantitative estimate of drug-likeness (QED) is 0.848. The molecule has 1 aromatic rings. The van der Waals surface area contributed by atoms with Crippen LogP contribution in [0, 0.1) is 31.6 Å². The Kier molecular flexibility index (Phi) is 3.89. The van der Waals surface area contributed by atoms with E-state index in [-0.39, 0.29) is 11.4 Å². The summed E-state index contributed by atoms with van der Waals surface area (Å²) in [4.78, 5) is 25.0. The smallest absolute Gasteiger partial charge is 0.344 e. The van der Waals surface area contributed by atoms with Crippen molar-refractivity contribution in [3.8, 4) is 0 Å². The van der Waals surface area contributed by atoms with Crippen LogP contribution in [-0.2, 0) is 9.53 Å². The molecule has 5 rings (SSSR count). The van der Waals surface area contributed by atoms with Crippen LogP contribution in [0.25, 0.3) is 0 Å². The summed E-state index contributed by atoms with van der Waals surface area (Å²) < 4.78 is 10.4. The van der Waals surface area contributed by atoms with E-state index in [1.54, 1.807) is 20.8 Å². The molecular formula is C19H26N2O4. The average molecular weight is 346 g/mol. The lowest BCUT2D eigenvalue weighted by Crippen LogP contribution is -2.61. The zero-order chi connectivity index (χ0) is 17.8. The molecule has 0 unspecified atom stereocenters. The molecule has 1 aromatic heterocycles. The van der Waals surface area contributed by atoms with Gasteiger partial charge in [0.25, 0.3) is 5.91 Å². The molecule has 1 heterocycles. The molecular weight excluding hydrogens is 320 g/mol. The van der Waals surface area contributed by atoms with E-state index in [0.29, 0.717) is 17.0 Å². The van der Waals surface area contributed by atoms with E-state index in [4.69, 9.17) is 9.26 Å². The van der Waals surface area contributed by atoms with Gasteiger partial charge in [0.15, 0.2) is 6.10 Å². The third kappa shape index (κ3) is 2.96. The zero-order valence-corrected chi connectivity index (χ0v) is 15.1. The van der Waals surface area contributed by atoms with Crippen LogP contribution >= 0.6 is 0 Å². The van der Waals surface area contributed by atoms with Crippen molar-refractivity contribution >= 4 is 11.9 Å². The Morgan fingerprint density at radius 2 is 1.72 bits per heavy atom. The van der Waals surface area contributed by atoms with Crippen LogP contribution in [0.3, 0.4) is 0 Å². The van der Waals surface area contributed by atoms with Crippen molar-refractivity contribution in [1.82, 2.24) is 10.5 Å². The molecule has 1 atom stereocenters. The minimum atomic E-state index is -0.825. The van der Waals surface area contributed by atoms with Crippen molar-refractivity contribution in [3.63, 3.8) is 0 Å². The third-order valence-electron chi connectivity index (χ3n) is 6.32. The first kappa shape index (κ1) is 16.6. The summed E-state index contributed by atoms with van der Waals surface area (Å²) in [6, 6.07) is 0. The lowest BCUT2D eigenvalue weighted by Gasteiger charge is -2.57. The van der Waals surface area contributed by atoms with Gasteiger partial charge in [-0.3, -0.25) is 4.79 Å². The number of carbonyl (C=O) groups excluding carboxylic acids is 2. The number of hydrogen-bond acceptors (Lipinski definition) is 5. The average Bonchev–Trinajstić information content (AvgIpc) is 2.84. The lowest BCUT2D eigenvalue weighted by molar-refractivity contribution is -0.134. The maximum absolute atomic E-state index is 12.7. The number of aromatic nitrogens is 1. The number of rotatable bonds is 4. The van der Waals surface area contributed by atoms with E-state index in [2.05, 4.69) is 10.5 Å². The van der Waals surface area contributed by atoms with E-state index < -0.39 is 12.1 Å². The van der Waals surface area contributed by atoms with Crippen molar-refractivity contribution in [2.45, 2.75) is 70.9 Å². The van der Waals surface area contributed by atoms with Gasteiger partial charge in [-0.05, 0) is 77.0 Å². The first-order valence-electron chi connectivity index (χ1n) is 9.31. The fraction of sp³-hybridized carbons (Fsp3) is 0.737. The number of nitrogens with one attached hydrogen (secondary N) is 1. The van der Waals surface area contributed by atoms with Gasteiger partial charge in [-0.1, -0.05) is 5.16 Å². The van der Waals surface area contributed by atoms with E-state index in [1.165, 1.54) is 19.3 Å². The predicted molar refractivity (Wildman–Crippen MR) is 89.9 cm³/mol. The molecule has 0 saturated heterocycles. The van der Waals surface area contributed by atoms with E-state index in [9.17, 15) is 9.59 Å². The Labute approximate surface area is 147 Å². The van der Waals surface area contributed by atoms with Crippen molar-refractivity contribution < 1.29 is 18.8 Å². The van der Waals surface area contributed by atoms with Crippen LogP contribution in [0.2, 0.25) is 0 Å². The van der Waals surface area contributed by atoms with Crippen molar-refractivity contribution in [3.05, 3.63) is 17.0 Å². The molecule has 4 saturated carbocycles. The fourth-order valence-corrected chi connectivity index (χ4v) is 5.67. The highest BCUT2D eigenvalue weighted by atomic mass is 16.5. The largest absolute Gasteiger partial charge is 0.449 e. The minimum absolute atomic E-state index is 0.0739. The highest BCUT2D eigenvalue weighted by molar-refractivity contribution is 5.93. The second-order valence-corrected chi connectivity index (χ2v) is 8.43. The van der Waals surface area contributed by atoms with Crippen molar-refractivity contribution in [2.75, 3.05) is 0 Å². The topological polar surface area (TPSA) is 81.4 Å². The Morgan fingerprint density at radius 3 is 2.20 bits per heavy atom. The molecule has 25 heavy (non-hydrogen) atoms. The first-order valence-corrected chi connectivity index (χ1v) is 9.31. The van der Waals surface area contributed by atoms with Gasteiger partial charge in [0.1, 0.15) is 11.3 Å². The molecule has 0 radical (unpaired) electrons. The standard InChI is InChI=1S/C19H26N2O4/c1-10-16(11(2)25-21-10)18(23)24-12(3)17(22)20-19-7-13-4-14(8-19)6-15(5-13)9-19/h12-15H,4-9H2,1-3H3,(H,20,22)/t12-,13?,14?,15?,19?/m1/s1. The van der Waals surface area contributed by atoms with Gasteiger partial charge in [0.2, 0.25) is 0 Å². The van der Waals surface area contributed by atoms with Gasteiger partial charge in [-0.2, -0.15) is 0 Å². The number of nitrogens with zero attached hydrogens (tertiary/aromatic N) is 1. The maximum atomic E-state index is 12.7. The highest BCUT2D eigenvalue weighted by Gasteiger charge is 2.51. The number of carbonyl (C=O) groups is 2. The summed E-state index contributed by atoms with van der Waals surface area (Å²) in [5, 5.41) is 7.01. The Balaban J connectivity index is 1.40. The zero-order valence-electron chi connectivity index (χ0n) is 15.1. The second kappa shape index (κ2) is 5.85. The molecule has 6 heteroatoms. The van der Waals surface area contributed by atoms with Gasteiger partial charge in [-0.25, -0.2) is 4.79 Å². The molecule has 0 spiro atoms. The molecule has 0 aromatic carbocycles. The van der Waals surface area contributed by atoms with E-state index in [1.807, 2.05) is 0 Å². The fourth-order valence-electron chi connectivity index (χ4n) is 5.67. The van der Waals surface area contributed by atoms with Crippen LogP contribution < -0.4 is 5.32 Å². The van der Waals surface area contributed by atoms with Gasteiger partial charge < -0.3 is 14.6 Å². The molecule has 4 bridgehead atoms. The van der Waals surface area contributed by atoms with Crippen LogP contribution in [-0.4, -0.2) is 28.7 Å². The summed E-state index contributed by atoms with van der Waals surface area (Å²) >= 11 is 0. The first-order chi connectivity index (χ1) is 11.8. The second-order valence-electron chi connectivity index (χ2n) is 8.43. The van der Waals surface area contributed by atoms with Crippen LogP contribution in [0.1, 0.15) is 67.3 Å². The molecule has 4 aliphatic rings. The maximum Gasteiger partial charge on any atom is 0.344 e. The molecule has 136 valence electrons. The van der Waals surface area contributed by atoms with E-state index >= 15 is 0 Å². The number of amides is 1. The van der Waals surface area contributed by atoms with E-state index in [0.717, 1.165) is 37.0 Å². The molecule has 6 nitrogen and oxygen atoms in total.